The molecule has 0 radical (unpaired) electrons. The van der Waals surface area contributed by atoms with Gasteiger partial charge in [-0.15, -0.1) is 0 Å². The van der Waals surface area contributed by atoms with Crippen molar-refractivity contribution in [3.8, 4) is 0 Å². The Labute approximate surface area is 237 Å². The molecule has 0 bridgehead atoms. The predicted molar refractivity (Wildman–Crippen MR) is 156 cm³/mol. The van der Waals surface area contributed by atoms with Crippen molar-refractivity contribution in [1.29, 1.82) is 0 Å². The number of aryl methyl sites for hydroxylation is 1. The minimum absolute atomic E-state index is 0.147. The van der Waals surface area contributed by atoms with Crippen molar-refractivity contribution in [2.75, 3.05) is 20.3 Å². The van der Waals surface area contributed by atoms with Crippen LogP contribution < -0.4 is 0 Å². The fraction of sp³-hybridized carbons (Fsp3) is 0.515. The van der Waals surface area contributed by atoms with Gasteiger partial charge in [0.25, 0.3) is 0 Å². The molecule has 0 N–H and O–H groups in total. The SMILES string of the molecule is CCO[C@H]1CCN(Cc2c(C3CC3)cc(C)c3c2ccn3C(=O)OC(C)(C)C)[C@H](c2ccc(C(=O)OC)cc2)C1. The molecule has 1 aromatic heterocycles. The van der Waals surface area contributed by atoms with E-state index >= 15 is 0 Å². The first-order valence-electron chi connectivity index (χ1n) is 14.5. The summed E-state index contributed by atoms with van der Waals surface area (Å²) in [7, 11) is 1.40. The Morgan fingerprint density at radius 1 is 1.05 bits per heavy atom. The lowest BCUT2D eigenvalue weighted by atomic mass is 9.90. The molecule has 40 heavy (non-hydrogen) atoms. The maximum atomic E-state index is 13.1. The smallest absolute Gasteiger partial charge is 0.418 e. The average molecular weight is 547 g/mol. The summed E-state index contributed by atoms with van der Waals surface area (Å²) >= 11 is 0. The third-order valence-electron chi connectivity index (χ3n) is 8.06. The highest BCUT2D eigenvalue weighted by molar-refractivity contribution is 5.94. The van der Waals surface area contributed by atoms with E-state index in [9.17, 15) is 9.59 Å². The Bertz CT molecular complexity index is 1380. The van der Waals surface area contributed by atoms with Crippen LogP contribution in [0.1, 0.15) is 97.9 Å². The van der Waals surface area contributed by atoms with E-state index in [0.717, 1.165) is 42.4 Å². The van der Waals surface area contributed by atoms with Crippen LogP contribution in [0.3, 0.4) is 0 Å². The van der Waals surface area contributed by atoms with Gasteiger partial charge < -0.3 is 14.2 Å². The molecule has 1 aliphatic heterocycles. The number of benzene rings is 2. The van der Waals surface area contributed by atoms with Gasteiger partial charge in [0.15, 0.2) is 0 Å². The van der Waals surface area contributed by atoms with Crippen molar-refractivity contribution in [3.63, 3.8) is 0 Å². The van der Waals surface area contributed by atoms with E-state index in [1.807, 2.05) is 58.2 Å². The molecule has 0 amide bonds. The number of aromatic nitrogens is 1. The molecule has 2 fully saturated rings. The number of hydrogen-bond acceptors (Lipinski definition) is 6. The van der Waals surface area contributed by atoms with E-state index in [1.165, 1.54) is 36.6 Å². The average Bonchev–Trinajstić information content (AvgIpc) is 3.66. The second-order valence-corrected chi connectivity index (χ2v) is 12.2. The maximum Gasteiger partial charge on any atom is 0.418 e. The van der Waals surface area contributed by atoms with Crippen molar-refractivity contribution < 1.29 is 23.8 Å². The highest BCUT2D eigenvalue weighted by atomic mass is 16.6. The summed E-state index contributed by atoms with van der Waals surface area (Å²) in [6.07, 6.45) is 5.97. The molecule has 7 nitrogen and oxygen atoms in total. The molecule has 2 aromatic carbocycles. The van der Waals surface area contributed by atoms with Crippen molar-refractivity contribution in [3.05, 3.63) is 70.4 Å². The molecule has 1 saturated heterocycles. The Kier molecular flexibility index (Phi) is 8.07. The number of piperidine rings is 1. The number of fused-ring (bicyclic) bond motifs is 1. The Morgan fingerprint density at radius 2 is 1.77 bits per heavy atom. The number of likely N-dealkylation sites (tertiary alicyclic amines) is 1. The van der Waals surface area contributed by atoms with E-state index < -0.39 is 5.60 Å². The highest BCUT2D eigenvalue weighted by Gasteiger charge is 2.34. The van der Waals surface area contributed by atoms with Gasteiger partial charge in [0.05, 0.1) is 24.3 Å². The lowest BCUT2D eigenvalue weighted by Crippen LogP contribution is -2.39. The quantitative estimate of drug-likeness (QED) is 0.293. The van der Waals surface area contributed by atoms with Crippen LogP contribution in [-0.2, 0) is 20.8 Å². The molecule has 7 heteroatoms. The summed E-state index contributed by atoms with van der Waals surface area (Å²) in [4.78, 5) is 27.7. The van der Waals surface area contributed by atoms with Crippen LogP contribution in [0.25, 0.3) is 10.9 Å². The first kappa shape index (κ1) is 28.4. The number of rotatable bonds is 7. The van der Waals surface area contributed by atoms with Crippen LogP contribution in [0.4, 0.5) is 4.79 Å². The van der Waals surface area contributed by atoms with Gasteiger partial charge in [-0.2, -0.15) is 0 Å². The van der Waals surface area contributed by atoms with Gasteiger partial charge in [-0.1, -0.05) is 18.2 Å². The van der Waals surface area contributed by atoms with Gasteiger partial charge in [0.1, 0.15) is 5.60 Å². The van der Waals surface area contributed by atoms with Gasteiger partial charge in [0, 0.05) is 37.3 Å². The van der Waals surface area contributed by atoms with Crippen molar-refractivity contribution in [2.45, 2.75) is 90.5 Å². The second-order valence-electron chi connectivity index (χ2n) is 12.2. The minimum Gasteiger partial charge on any atom is -0.465 e. The molecule has 1 aliphatic carbocycles. The molecule has 2 heterocycles. The normalized spacial score (nSPS) is 20.1. The number of hydrogen-bond donors (Lipinski definition) is 0. The Balaban J connectivity index is 1.53. The Hall–Kier alpha value is -3.16. The largest absolute Gasteiger partial charge is 0.465 e. The molecule has 1 saturated carbocycles. The second kappa shape index (κ2) is 11.4. The molecule has 0 unspecified atom stereocenters. The molecular weight excluding hydrogens is 504 g/mol. The van der Waals surface area contributed by atoms with Crippen molar-refractivity contribution in [2.24, 2.45) is 0 Å². The summed E-state index contributed by atoms with van der Waals surface area (Å²) in [5.41, 5.74) is 5.88. The fourth-order valence-corrected chi connectivity index (χ4v) is 6.09. The molecule has 3 aromatic rings. The predicted octanol–water partition coefficient (Wildman–Crippen LogP) is 7.14. The topological polar surface area (TPSA) is 70.0 Å². The van der Waals surface area contributed by atoms with Crippen molar-refractivity contribution >= 4 is 23.0 Å². The van der Waals surface area contributed by atoms with Crippen LogP contribution in [0.15, 0.2) is 42.6 Å². The zero-order chi connectivity index (χ0) is 28.6. The summed E-state index contributed by atoms with van der Waals surface area (Å²) in [5, 5.41) is 1.12. The number of methoxy groups -OCH3 is 1. The number of carbonyl (C=O) groups is 2. The minimum atomic E-state index is -0.570. The number of ether oxygens (including phenoxy) is 3. The van der Waals surface area contributed by atoms with Gasteiger partial charge in [-0.25, -0.2) is 9.59 Å². The number of carbonyl (C=O) groups excluding carboxylic acids is 2. The van der Waals surface area contributed by atoms with Gasteiger partial charge in [-0.05, 0) is 107 Å². The Morgan fingerprint density at radius 3 is 2.40 bits per heavy atom. The lowest BCUT2D eigenvalue weighted by Gasteiger charge is -2.40. The summed E-state index contributed by atoms with van der Waals surface area (Å²) in [5.74, 6) is 0.242. The standard InChI is InChI=1S/C33H42N2O5/c1-7-39-25-14-16-34(29(19-25)23-10-12-24(13-11-23)31(36)38-6)20-28-26-15-17-35(32(37)40-33(3,4)5)30(26)21(2)18-27(28)22-8-9-22/h10-13,15,17-18,22,25,29H,7-9,14,16,19-20H2,1-6H3/t25-,29-/m0/s1. The van der Waals surface area contributed by atoms with E-state index in [4.69, 9.17) is 14.2 Å². The first-order chi connectivity index (χ1) is 19.1. The van der Waals surface area contributed by atoms with Crippen LogP contribution in [0, 0.1) is 6.92 Å². The highest BCUT2D eigenvalue weighted by Crippen LogP contribution is 2.46. The van der Waals surface area contributed by atoms with Crippen LogP contribution in [0.5, 0.6) is 0 Å². The lowest BCUT2D eigenvalue weighted by molar-refractivity contribution is -0.0137. The fourth-order valence-electron chi connectivity index (χ4n) is 6.09. The summed E-state index contributed by atoms with van der Waals surface area (Å²) in [6, 6.07) is 12.3. The zero-order valence-corrected chi connectivity index (χ0v) is 24.7. The van der Waals surface area contributed by atoms with Gasteiger partial charge in [-0.3, -0.25) is 9.47 Å². The number of esters is 1. The molecule has 214 valence electrons. The summed E-state index contributed by atoms with van der Waals surface area (Å²) in [6.45, 7) is 12.2. The van der Waals surface area contributed by atoms with E-state index in [1.54, 1.807) is 4.57 Å². The summed E-state index contributed by atoms with van der Waals surface area (Å²) < 4.78 is 18.4. The third-order valence-corrected chi connectivity index (χ3v) is 8.06. The number of nitrogens with zero attached hydrogens (tertiary/aromatic N) is 2. The molecule has 0 spiro atoms. The molecular formula is C33H42N2O5. The maximum absolute atomic E-state index is 13.1. The molecule has 5 rings (SSSR count). The van der Waals surface area contributed by atoms with Crippen LogP contribution >= 0.6 is 0 Å². The first-order valence-corrected chi connectivity index (χ1v) is 14.5. The van der Waals surface area contributed by atoms with E-state index in [2.05, 4.69) is 24.0 Å². The zero-order valence-electron chi connectivity index (χ0n) is 24.7. The molecule has 2 atom stereocenters. The van der Waals surface area contributed by atoms with Gasteiger partial charge >= 0.3 is 12.1 Å². The van der Waals surface area contributed by atoms with E-state index in [-0.39, 0.29) is 24.2 Å². The monoisotopic (exact) mass is 546 g/mol. The van der Waals surface area contributed by atoms with Gasteiger partial charge in [0.2, 0.25) is 0 Å². The third kappa shape index (κ3) is 5.96. The van der Waals surface area contributed by atoms with Crippen LogP contribution in [0.2, 0.25) is 0 Å². The van der Waals surface area contributed by atoms with Crippen LogP contribution in [-0.4, -0.2) is 53.5 Å². The van der Waals surface area contributed by atoms with Crippen molar-refractivity contribution in [1.82, 2.24) is 9.47 Å². The van der Waals surface area contributed by atoms with E-state index in [0.29, 0.717) is 18.1 Å². The molecule has 2 aliphatic rings.